The van der Waals surface area contributed by atoms with Crippen molar-refractivity contribution in [3.8, 4) is 0 Å². The van der Waals surface area contributed by atoms with Crippen LogP contribution in [0.1, 0.15) is 44.0 Å². The fraction of sp³-hybridized carbons (Fsp3) is 0.353. The van der Waals surface area contributed by atoms with Crippen molar-refractivity contribution >= 4 is 11.7 Å². The minimum absolute atomic E-state index is 0.155. The molecule has 0 fully saturated rings. The Morgan fingerprint density at radius 1 is 1.19 bits per heavy atom. The van der Waals surface area contributed by atoms with Crippen LogP contribution in [0.4, 0.5) is 5.69 Å². The first-order valence-electron chi connectivity index (χ1n) is 6.86. The van der Waals surface area contributed by atoms with Gasteiger partial charge in [0.05, 0.1) is 12.2 Å². The summed E-state index contributed by atoms with van der Waals surface area (Å²) in [5, 5.41) is 17.0. The van der Waals surface area contributed by atoms with Crippen molar-refractivity contribution in [1.29, 1.82) is 0 Å². The topological polar surface area (TPSA) is 83.5 Å². The highest BCUT2D eigenvalue weighted by molar-refractivity contribution is 5.93. The smallest absolute Gasteiger partial charge is 0.337 e. The number of carbonyl (C=O) groups is 1. The lowest BCUT2D eigenvalue weighted by Crippen LogP contribution is -2.00. The molecule has 0 saturated heterocycles. The van der Waals surface area contributed by atoms with Crippen molar-refractivity contribution < 1.29 is 15.0 Å². The van der Waals surface area contributed by atoms with Gasteiger partial charge in [0.2, 0.25) is 0 Å². The van der Waals surface area contributed by atoms with Gasteiger partial charge in [-0.2, -0.15) is 0 Å². The molecule has 1 aromatic carbocycles. The first-order valence-corrected chi connectivity index (χ1v) is 6.86. The fourth-order valence-corrected chi connectivity index (χ4v) is 1.54. The lowest BCUT2D eigenvalue weighted by atomic mass is 10.1. The molecule has 4 nitrogen and oxygen atoms in total. The van der Waals surface area contributed by atoms with Crippen LogP contribution in [-0.2, 0) is 0 Å². The standard InChI is InChI=1S/C10H18O.C7H7NO2/c1-9(2)5-4-6-10(3)7-8-11;8-6-4-2-1-3-5(6)7(9)10/h5,7,11H,4,6,8H2,1-3H3;1-4H,8H2,(H,9,10). The Morgan fingerprint density at radius 2 is 1.81 bits per heavy atom. The molecule has 0 amide bonds. The van der Waals surface area contributed by atoms with Crippen LogP contribution in [0.25, 0.3) is 0 Å². The molecular weight excluding hydrogens is 266 g/mol. The zero-order chi connectivity index (χ0) is 16.3. The molecule has 4 N–H and O–H groups in total. The lowest BCUT2D eigenvalue weighted by Gasteiger charge is -1.96. The Balaban J connectivity index is 0.000000382. The second-order valence-corrected chi connectivity index (χ2v) is 4.95. The molecule has 4 heteroatoms. The van der Waals surface area contributed by atoms with Gasteiger partial charge in [-0.15, -0.1) is 0 Å². The van der Waals surface area contributed by atoms with Gasteiger partial charge in [0.25, 0.3) is 0 Å². The van der Waals surface area contributed by atoms with E-state index in [0.29, 0.717) is 5.69 Å². The summed E-state index contributed by atoms with van der Waals surface area (Å²) < 4.78 is 0. The molecule has 0 aliphatic rings. The average Bonchev–Trinajstić information content (AvgIpc) is 2.39. The summed E-state index contributed by atoms with van der Waals surface area (Å²) in [6.07, 6.45) is 6.23. The van der Waals surface area contributed by atoms with Crippen LogP contribution in [-0.4, -0.2) is 22.8 Å². The maximum Gasteiger partial charge on any atom is 0.337 e. The first-order chi connectivity index (χ1) is 9.88. The molecule has 0 spiro atoms. The molecule has 1 rings (SSSR count). The van der Waals surface area contributed by atoms with Gasteiger partial charge in [0.1, 0.15) is 0 Å². The number of nitrogen functional groups attached to an aromatic ring is 1. The highest BCUT2D eigenvalue weighted by Gasteiger charge is 2.03. The van der Waals surface area contributed by atoms with Gasteiger partial charge in [0, 0.05) is 5.69 Å². The lowest BCUT2D eigenvalue weighted by molar-refractivity contribution is 0.0698. The van der Waals surface area contributed by atoms with Crippen molar-refractivity contribution in [3.63, 3.8) is 0 Å². The van der Waals surface area contributed by atoms with Crippen molar-refractivity contribution in [3.05, 3.63) is 53.1 Å². The van der Waals surface area contributed by atoms with E-state index < -0.39 is 5.97 Å². The van der Waals surface area contributed by atoms with Crippen molar-refractivity contribution in [2.24, 2.45) is 0 Å². The van der Waals surface area contributed by atoms with Gasteiger partial charge in [-0.05, 0) is 45.7 Å². The highest BCUT2D eigenvalue weighted by atomic mass is 16.4. The van der Waals surface area contributed by atoms with Crippen LogP contribution in [0.15, 0.2) is 47.6 Å². The number of allylic oxidation sites excluding steroid dienone is 3. The third-order valence-electron chi connectivity index (χ3n) is 2.72. The Bertz CT molecular complexity index is 501. The van der Waals surface area contributed by atoms with E-state index in [4.69, 9.17) is 15.9 Å². The largest absolute Gasteiger partial charge is 0.478 e. The number of carboxylic acid groups (broad SMARTS) is 1. The van der Waals surface area contributed by atoms with E-state index >= 15 is 0 Å². The van der Waals surface area contributed by atoms with Gasteiger partial charge in [-0.3, -0.25) is 0 Å². The molecule has 0 saturated carbocycles. The third-order valence-corrected chi connectivity index (χ3v) is 2.72. The molecular formula is C17H25NO3. The SMILES string of the molecule is CC(C)=CCCC(C)=CCO.Nc1ccccc1C(=O)O. The van der Waals surface area contributed by atoms with Gasteiger partial charge in [-0.1, -0.05) is 35.4 Å². The van der Waals surface area contributed by atoms with E-state index in [2.05, 4.69) is 26.8 Å². The number of para-hydroxylation sites is 1. The number of nitrogens with two attached hydrogens (primary N) is 1. The van der Waals surface area contributed by atoms with Crippen LogP contribution in [0, 0.1) is 0 Å². The Labute approximate surface area is 126 Å². The van der Waals surface area contributed by atoms with E-state index in [-0.39, 0.29) is 12.2 Å². The van der Waals surface area contributed by atoms with E-state index in [1.807, 2.05) is 6.08 Å². The van der Waals surface area contributed by atoms with E-state index in [9.17, 15) is 4.79 Å². The van der Waals surface area contributed by atoms with Crippen LogP contribution in [0.5, 0.6) is 0 Å². The molecule has 0 aliphatic carbocycles. The summed E-state index contributed by atoms with van der Waals surface area (Å²) in [7, 11) is 0. The molecule has 0 radical (unpaired) electrons. The number of rotatable bonds is 5. The van der Waals surface area contributed by atoms with Crippen molar-refractivity contribution in [1.82, 2.24) is 0 Å². The number of hydrogen-bond acceptors (Lipinski definition) is 3. The molecule has 0 atom stereocenters. The first kappa shape index (κ1) is 18.9. The molecule has 1 aromatic rings. The number of carboxylic acids is 1. The molecule has 0 aromatic heterocycles. The number of hydrogen-bond donors (Lipinski definition) is 3. The Kier molecular flexibility index (Phi) is 9.63. The van der Waals surface area contributed by atoms with E-state index in [0.717, 1.165) is 12.8 Å². The van der Waals surface area contributed by atoms with E-state index in [1.165, 1.54) is 17.2 Å². The number of aliphatic hydroxyl groups excluding tert-OH is 1. The normalized spacial score (nSPS) is 10.4. The quantitative estimate of drug-likeness (QED) is 0.571. The van der Waals surface area contributed by atoms with Crippen LogP contribution >= 0.6 is 0 Å². The van der Waals surface area contributed by atoms with Gasteiger partial charge >= 0.3 is 5.97 Å². The monoisotopic (exact) mass is 291 g/mol. The van der Waals surface area contributed by atoms with Gasteiger partial charge < -0.3 is 15.9 Å². The summed E-state index contributed by atoms with van der Waals surface area (Å²) in [5.74, 6) is -0.988. The van der Waals surface area contributed by atoms with Gasteiger partial charge in [-0.25, -0.2) is 4.79 Å². The third kappa shape index (κ3) is 9.46. The zero-order valence-electron chi connectivity index (χ0n) is 13.0. The van der Waals surface area contributed by atoms with Crippen molar-refractivity contribution in [2.75, 3.05) is 12.3 Å². The Hall–Kier alpha value is -2.07. The van der Waals surface area contributed by atoms with Crippen molar-refractivity contribution in [2.45, 2.75) is 33.6 Å². The maximum atomic E-state index is 10.3. The van der Waals surface area contributed by atoms with Crippen LogP contribution < -0.4 is 5.73 Å². The predicted octanol–water partition coefficient (Wildman–Crippen LogP) is 3.64. The summed E-state index contributed by atoms with van der Waals surface area (Å²) in [5.41, 5.74) is 8.43. The van der Waals surface area contributed by atoms with Crippen LogP contribution in [0.3, 0.4) is 0 Å². The second-order valence-electron chi connectivity index (χ2n) is 4.95. The second kappa shape index (κ2) is 10.7. The average molecular weight is 291 g/mol. The molecule has 116 valence electrons. The summed E-state index contributed by atoms with van der Waals surface area (Å²) in [6, 6.07) is 6.36. The molecule has 21 heavy (non-hydrogen) atoms. The summed E-state index contributed by atoms with van der Waals surface area (Å²) in [4.78, 5) is 10.3. The number of benzene rings is 1. The minimum atomic E-state index is -0.988. The van der Waals surface area contributed by atoms with Crippen LogP contribution in [0.2, 0.25) is 0 Å². The molecule has 0 heterocycles. The Morgan fingerprint density at radius 3 is 2.24 bits per heavy atom. The zero-order valence-corrected chi connectivity index (χ0v) is 13.0. The molecule has 0 unspecified atom stereocenters. The number of aliphatic hydroxyl groups is 1. The molecule has 0 bridgehead atoms. The minimum Gasteiger partial charge on any atom is -0.478 e. The van der Waals surface area contributed by atoms with E-state index in [1.54, 1.807) is 18.2 Å². The predicted molar refractivity (Wildman–Crippen MR) is 87.3 cm³/mol. The molecule has 0 aliphatic heterocycles. The number of anilines is 1. The number of aromatic carboxylic acids is 1. The maximum absolute atomic E-state index is 10.3. The summed E-state index contributed by atoms with van der Waals surface area (Å²) in [6.45, 7) is 6.42. The highest BCUT2D eigenvalue weighted by Crippen LogP contribution is 2.09. The van der Waals surface area contributed by atoms with Gasteiger partial charge in [0.15, 0.2) is 0 Å². The summed E-state index contributed by atoms with van der Waals surface area (Å²) >= 11 is 0. The fourth-order valence-electron chi connectivity index (χ4n) is 1.54.